The standard InChI is InChI=1S/C19H15N3O3/c20-18-14-10-13(16-8-9-17(25-16)19(23)24)6-7-15(14)22(21-18)11-12-4-2-1-3-5-12/h1-10H,11H2,(H2,20,21)(H,23,24). The molecule has 2 aromatic heterocycles. The van der Waals surface area contributed by atoms with Crippen LogP contribution in [-0.2, 0) is 6.54 Å². The average molecular weight is 333 g/mol. The third kappa shape index (κ3) is 2.74. The smallest absolute Gasteiger partial charge is 0.371 e. The maximum absolute atomic E-state index is 11.0. The van der Waals surface area contributed by atoms with Gasteiger partial charge in [0.15, 0.2) is 5.82 Å². The van der Waals surface area contributed by atoms with Crippen molar-refractivity contribution in [1.82, 2.24) is 9.78 Å². The van der Waals surface area contributed by atoms with E-state index in [0.29, 0.717) is 18.1 Å². The molecule has 0 saturated heterocycles. The molecule has 6 heteroatoms. The molecule has 6 nitrogen and oxygen atoms in total. The van der Waals surface area contributed by atoms with Gasteiger partial charge in [0, 0.05) is 10.9 Å². The van der Waals surface area contributed by atoms with Gasteiger partial charge >= 0.3 is 5.97 Å². The van der Waals surface area contributed by atoms with Crippen LogP contribution in [0.15, 0.2) is 65.1 Å². The molecule has 0 aliphatic carbocycles. The lowest BCUT2D eigenvalue weighted by Crippen LogP contribution is -2.01. The minimum absolute atomic E-state index is 0.0946. The van der Waals surface area contributed by atoms with Gasteiger partial charge in [0.25, 0.3) is 0 Å². The second kappa shape index (κ2) is 5.83. The molecule has 0 aliphatic heterocycles. The van der Waals surface area contributed by atoms with Gasteiger partial charge < -0.3 is 15.3 Å². The Hall–Kier alpha value is -3.54. The third-order valence-corrected chi connectivity index (χ3v) is 4.06. The van der Waals surface area contributed by atoms with E-state index in [9.17, 15) is 4.79 Å². The summed E-state index contributed by atoms with van der Waals surface area (Å²) in [5.41, 5.74) is 8.87. The number of benzene rings is 2. The van der Waals surface area contributed by atoms with Gasteiger partial charge in [0.1, 0.15) is 5.76 Å². The summed E-state index contributed by atoms with van der Waals surface area (Å²) in [6, 6.07) is 18.7. The van der Waals surface area contributed by atoms with E-state index in [4.69, 9.17) is 15.3 Å². The number of rotatable bonds is 4. The van der Waals surface area contributed by atoms with Crippen molar-refractivity contribution in [2.75, 3.05) is 5.73 Å². The lowest BCUT2D eigenvalue weighted by atomic mass is 10.1. The molecule has 4 rings (SSSR count). The Morgan fingerprint density at radius 1 is 1.12 bits per heavy atom. The normalized spacial score (nSPS) is 11.0. The summed E-state index contributed by atoms with van der Waals surface area (Å²) in [6.07, 6.45) is 0. The molecule has 0 unspecified atom stereocenters. The largest absolute Gasteiger partial charge is 0.475 e. The number of aromatic nitrogens is 2. The number of nitrogens with two attached hydrogens (primary N) is 1. The molecule has 25 heavy (non-hydrogen) atoms. The van der Waals surface area contributed by atoms with E-state index in [1.54, 1.807) is 6.07 Å². The van der Waals surface area contributed by atoms with Crippen LogP contribution in [0, 0.1) is 0 Å². The number of hydrogen-bond donors (Lipinski definition) is 2. The number of aromatic carboxylic acids is 1. The maximum Gasteiger partial charge on any atom is 0.371 e. The number of fused-ring (bicyclic) bond motifs is 1. The Labute approximate surface area is 143 Å². The Morgan fingerprint density at radius 2 is 1.92 bits per heavy atom. The molecule has 0 aliphatic rings. The molecule has 0 saturated carbocycles. The highest BCUT2D eigenvalue weighted by molar-refractivity contribution is 5.92. The van der Waals surface area contributed by atoms with E-state index < -0.39 is 5.97 Å². The summed E-state index contributed by atoms with van der Waals surface area (Å²) in [7, 11) is 0. The number of furan rings is 1. The lowest BCUT2D eigenvalue weighted by molar-refractivity contribution is 0.0663. The Kier molecular flexibility index (Phi) is 3.50. The van der Waals surface area contributed by atoms with Crippen LogP contribution in [0.3, 0.4) is 0 Å². The van der Waals surface area contributed by atoms with Crippen molar-refractivity contribution in [3.8, 4) is 11.3 Å². The minimum atomic E-state index is -1.09. The number of anilines is 1. The number of carboxylic acids is 1. The van der Waals surface area contributed by atoms with Gasteiger partial charge in [-0.1, -0.05) is 30.3 Å². The third-order valence-electron chi connectivity index (χ3n) is 4.06. The Morgan fingerprint density at radius 3 is 2.64 bits per heavy atom. The number of nitrogens with zero attached hydrogens (tertiary/aromatic N) is 2. The number of carboxylic acid groups (broad SMARTS) is 1. The first-order valence-electron chi connectivity index (χ1n) is 7.75. The average Bonchev–Trinajstić information content (AvgIpc) is 3.22. The van der Waals surface area contributed by atoms with Crippen molar-refractivity contribution in [3.05, 3.63) is 72.0 Å². The molecular weight excluding hydrogens is 318 g/mol. The van der Waals surface area contributed by atoms with E-state index in [1.165, 1.54) is 6.07 Å². The molecule has 2 aromatic carbocycles. The summed E-state index contributed by atoms with van der Waals surface area (Å²) < 4.78 is 7.21. The van der Waals surface area contributed by atoms with E-state index >= 15 is 0 Å². The van der Waals surface area contributed by atoms with Crippen molar-refractivity contribution < 1.29 is 14.3 Å². The lowest BCUT2D eigenvalue weighted by Gasteiger charge is -2.04. The van der Waals surface area contributed by atoms with Crippen molar-refractivity contribution in [2.24, 2.45) is 0 Å². The second-order valence-electron chi connectivity index (χ2n) is 5.73. The van der Waals surface area contributed by atoms with Crippen LogP contribution in [0.5, 0.6) is 0 Å². The molecular formula is C19H15N3O3. The Balaban J connectivity index is 1.74. The molecule has 0 spiro atoms. The van der Waals surface area contributed by atoms with Gasteiger partial charge in [-0.05, 0) is 35.9 Å². The van der Waals surface area contributed by atoms with Crippen molar-refractivity contribution in [2.45, 2.75) is 6.54 Å². The van der Waals surface area contributed by atoms with Gasteiger partial charge in [-0.3, -0.25) is 4.68 Å². The zero-order chi connectivity index (χ0) is 17.4. The predicted octanol–water partition coefficient (Wildman–Crippen LogP) is 3.63. The monoisotopic (exact) mass is 333 g/mol. The summed E-state index contributed by atoms with van der Waals surface area (Å²) >= 11 is 0. The van der Waals surface area contributed by atoms with Gasteiger partial charge in [-0.15, -0.1) is 0 Å². The topological polar surface area (TPSA) is 94.3 Å². The fourth-order valence-electron chi connectivity index (χ4n) is 2.84. The van der Waals surface area contributed by atoms with Crippen LogP contribution in [0.4, 0.5) is 5.82 Å². The van der Waals surface area contributed by atoms with E-state index in [1.807, 2.05) is 53.2 Å². The highest BCUT2D eigenvalue weighted by atomic mass is 16.4. The molecule has 0 radical (unpaired) electrons. The van der Waals surface area contributed by atoms with Crippen LogP contribution >= 0.6 is 0 Å². The summed E-state index contributed by atoms with van der Waals surface area (Å²) in [5, 5.41) is 14.2. The van der Waals surface area contributed by atoms with E-state index in [2.05, 4.69) is 5.10 Å². The van der Waals surface area contributed by atoms with E-state index in [-0.39, 0.29) is 5.76 Å². The van der Waals surface area contributed by atoms with Crippen LogP contribution in [-0.4, -0.2) is 20.9 Å². The fourth-order valence-corrected chi connectivity index (χ4v) is 2.84. The SMILES string of the molecule is Nc1nn(Cc2ccccc2)c2ccc(-c3ccc(C(=O)O)o3)cc12. The molecule has 124 valence electrons. The summed E-state index contributed by atoms with van der Waals surface area (Å²) in [4.78, 5) is 11.0. The van der Waals surface area contributed by atoms with Crippen molar-refractivity contribution in [1.29, 1.82) is 0 Å². The maximum atomic E-state index is 11.0. The van der Waals surface area contributed by atoms with E-state index in [0.717, 1.165) is 22.0 Å². The minimum Gasteiger partial charge on any atom is -0.475 e. The van der Waals surface area contributed by atoms with Gasteiger partial charge in [-0.2, -0.15) is 5.10 Å². The molecule has 0 bridgehead atoms. The molecule has 3 N–H and O–H groups in total. The molecule has 4 aromatic rings. The van der Waals surface area contributed by atoms with Crippen LogP contribution in [0.25, 0.3) is 22.2 Å². The molecule has 0 atom stereocenters. The summed E-state index contributed by atoms with van der Waals surface area (Å²) in [5.74, 6) is -0.280. The quantitative estimate of drug-likeness (QED) is 0.595. The van der Waals surface area contributed by atoms with Crippen molar-refractivity contribution >= 4 is 22.7 Å². The van der Waals surface area contributed by atoms with Crippen LogP contribution < -0.4 is 5.73 Å². The zero-order valence-corrected chi connectivity index (χ0v) is 13.2. The predicted molar refractivity (Wildman–Crippen MR) is 94.4 cm³/mol. The molecule has 2 heterocycles. The Bertz CT molecular complexity index is 1060. The summed E-state index contributed by atoms with van der Waals surface area (Å²) in [6.45, 7) is 0.623. The second-order valence-corrected chi connectivity index (χ2v) is 5.73. The first kappa shape index (κ1) is 15.0. The van der Waals surface area contributed by atoms with Gasteiger partial charge in [-0.25, -0.2) is 4.79 Å². The first-order valence-corrected chi connectivity index (χ1v) is 7.75. The van der Waals surface area contributed by atoms with Crippen LogP contribution in [0.1, 0.15) is 16.1 Å². The van der Waals surface area contributed by atoms with Crippen molar-refractivity contribution in [3.63, 3.8) is 0 Å². The molecule has 0 fully saturated rings. The van der Waals surface area contributed by atoms with Crippen LogP contribution in [0.2, 0.25) is 0 Å². The number of hydrogen-bond acceptors (Lipinski definition) is 4. The fraction of sp³-hybridized carbons (Fsp3) is 0.0526. The zero-order valence-electron chi connectivity index (χ0n) is 13.2. The molecule has 0 amide bonds. The highest BCUT2D eigenvalue weighted by Crippen LogP contribution is 2.29. The highest BCUT2D eigenvalue weighted by Gasteiger charge is 2.14. The first-order chi connectivity index (χ1) is 12.1. The van der Waals surface area contributed by atoms with Gasteiger partial charge in [0.2, 0.25) is 5.76 Å². The van der Waals surface area contributed by atoms with Gasteiger partial charge in [0.05, 0.1) is 12.1 Å². The number of nitrogen functional groups attached to an aromatic ring is 1. The number of carbonyl (C=O) groups is 1.